The van der Waals surface area contributed by atoms with Crippen molar-refractivity contribution in [3.8, 4) is 11.1 Å². The molecule has 3 aromatic rings. The fourth-order valence-corrected chi connectivity index (χ4v) is 3.89. The van der Waals surface area contributed by atoms with Crippen molar-refractivity contribution < 1.29 is 19.2 Å². The molecule has 0 fully saturated rings. The van der Waals surface area contributed by atoms with Gasteiger partial charge in [0.2, 0.25) is 11.7 Å². The van der Waals surface area contributed by atoms with E-state index in [0.29, 0.717) is 24.0 Å². The van der Waals surface area contributed by atoms with E-state index in [-0.39, 0.29) is 23.3 Å². The molecule has 1 aromatic heterocycles. The van der Waals surface area contributed by atoms with Gasteiger partial charge in [0, 0.05) is 17.7 Å². The van der Waals surface area contributed by atoms with Crippen molar-refractivity contribution in [3.63, 3.8) is 0 Å². The van der Waals surface area contributed by atoms with E-state index in [1.807, 2.05) is 43.3 Å². The fraction of sp³-hybridized carbons (Fsp3) is 0.269. The molecule has 176 valence electrons. The first-order valence-corrected chi connectivity index (χ1v) is 11.0. The van der Waals surface area contributed by atoms with Gasteiger partial charge in [0.05, 0.1) is 17.6 Å². The summed E-state index contributed by atoms with van der Waals surface area (Å²) in [6.45, 7) is 3.60. The van der Waals surface area contributed by atoms with Crippen molar-refractivity contribution in [1.82, 2.24) is 4.98 Å². The second kappa shape index (κ2) is 11.2. The lowest BCUT2D eigenvalue weighted by Crippen LogP contribution is -2.25. The van der Waals surface area contributed by atoms with E-state index < -0.39 is 10.9 Å². The molecule has 0 aliphatic rings. The molecule has 0 spiro atoms. The van der Waals surface area contributed by atoms with Gasteiger partial charge in [-0.25, -0.2) is 9.78 Å². The number of hydrogen-bond acceptors (Lipinski definition) is 6. The molecule has 34 heavy (non-hydrogen) atoms. The Bertz CT molecular complexity index is 1190. The van der Waals surface area contributed by atoms with E-state index in [9.17, 15) is 19.7 Å². The van der Waals surface area contributed by atoms with Gasteiger partial charge in [0.25, 0.3) is 0 Å². The maximum absolute atomic E-state index is 13.0. The van der Waals surface area contributed by atoms with E-state index in [4.69, 9.17) is 4.74 Å². The summed E-state index contributed by atoms with van der Waals surface area (Å²) >= 11 is 0. The normalized spacial score (nSPS) is 11.5. The highest BCUT2D eigenvalue weighted by atomic mass is 16.6. The fourth-order valence-electron chi connectivity index (χ4n) is 3.89. The van der Waals surface area contributed by atoms with Crippen molar-refractivity contribution in [2.24, 2.45) is 5.92 Å². The van der Waals surface area contributed by atoms with Crippen LogP contribution in [0.5, 0.6) is 0 Å². The Kier molecular flexibility index (Phi) is 8.08. The van der Waals surface area contributed by atoms with Gasteiger partial charge in [-0.05, 0) is 48.6 Å². The summed E-state index contributed by atoms with van der Waals surface area (Å²) in [4.78, 5) is 40.0. The molecule has 0 aliphatic heterocycles. The third kappa shape index (κ3) is 5.64. The van der Waals surface area contributed by atoms with Gasteiger partial charge in [-0.1, -0.05) is 55.8 Å². The summed E-state index contributed by atoms with van der Waals surface area (Å²) in [6.07, 6.45) is 3.32. The summed E-state index contributed by atoms with van der Waals surface area (Å²) in [5.41, 5.74) is 3.29. The van der Waals surface area contributed by atoms with Crippen LogP contribution in [0.25, 0.3) is 11.1 Å². The van der Waals surface area contributed by atoms with Gasteiger partial charge < -0.3 is 10.1 Å². The topological polar surface area (TPSA) is 111 Å². The number of nitrogens with zero attached hydrogens (tertiary/aromatic N) is 2. The molecule has 8 heteroatoms. The number of hydrogen-bond donors (Lipinski definition) is 1. The zero-order chi connectivity index (χ0) is 24.7. The number of pyridine rings is 1. The van der Waals surface area contributed by atoms with Crippen LogP contribution in [0.15, 0.2) is 60.8 Å². The second-order valence-electron chi connectivity index (χ2n) is 8.00. The van der Waals surface area contributed by atoms with Crippen LogP contribution in [-0.2, 0) is 16.0 Å². The average Bonchev–Trinajstić information content (AvgIpc) is 2.83. The quantitative estimate of drug-likeness (QED) is 0.261. The highest BCUT2D eigenvalue weighted by Crippen LogP contribution is 2.28. The maximum atomic E-state index is 13.0. The number of amides is 1. The van der Waals surface area contributed by atoms with Gasteiger partial charge in [-0.3, -0.25) is 14.9 Å². The Morgan fingerprint density at radius 1 is 1.12 bits per heavy atom. The first-order valence-electron chi connectivity index (χ1n) is 11.0. The summed E-state index contributed by atoms with van der Waals surface area (Å²) in [7, 11) is 1.35. The predicted octanol–water partition coefficient (Wildman–Crippen LogP) is 5.35. The lowest BCUT2D eigenvalue weighted by Gasteiger charge is -2.17. The molecular formula is C26H27N3O5. The SMILES string of the molecule is CCCC(Cc1ccc(-c2ccccc2C(=O)OC)cc1)C(=O)Nc1nccc(C)c1[N+](=O)[O-]. The molecule has 3 rings (SSSR count). The largest absolute Gasteiger partial charge is 0.465 e. The third-order valence-corrected chi connectivity index (χ3v) is 5.64. The number of rotatable bonds is 9. The van der Waals surface area contributed by atoms with Crippen LogP contribution in [0.1, 0.15) is 41.3 Å². The van der Waals surface area contributed by atoms with Crippen molar-refractivity contribution in [3.05, 3.63) is 87.6 Å². The van der Waals surface area contributed by atoms with Crippen LogP contribution < -0.4 is 5.32 Å². The molecule has 0 radical (unpaired) electrons. The molecule has 0 saturated carbocycles. The van der Waals surface area contributed by atoms with Crippen LogP contribution in [0.2, 0.25) is 0 Å². The van der Waals surface area contributed by atoms with E-state index >= 15 is 0 Å². The molecule has 8 nitrogen and oxygen atoms in total. The van der Waals surface area contributed by atoms with E-state index in [1.165, 1.54) is 19.4 Å². The number of esters is 1. The number of nitro groups is 1. The Balaban J connectivity index is 1.80. The highest BCUT2D eigenvalue weighted by molar-refractivity contribution is 5.97. The molecule has 0 aliphatic carbocycles. The predicted molar refractivity (Wildman–Crippen MR) is 130 cm³/mol. The Hall–Kier alpha value is -4.07. The van der Waals surface area contributed by atoms with Crippen LogP contribution in [0.4, 0.5) is 11.5 Å². The highest BCUT2D eigenvalue weighted by Gasteiger charge is 2.24. The van der Waals surface area contributed by atoms with Crippen molar-refractivity contribution >= 4 is 23.4 Å². The van der Waals surface area contributed by atoms with Gasteiger partial charge in [0.15, 0.2) is 0 Å². The number of aryl methyl sites for hydroxylation is 1. The summed E-state index contributed by atoms with van der Waals surface area (Å²) in [5, 5.41) is 14.1. The number of ether oxygens (including phenoxy) is 1. The minimum Gasteiger partial charge on any atom is -0.465 e. The monoisotopic (exact) mass is 461 g/mol. The standard InChI is InChI=1S/C26H27N3O5/c1-4-7-20(25(30)28-24-23(29(32)33)17(2)14-15-27-24)16-18-10-12-19(13-11-18)21-8-5-6-9-22(21)26(31)34-3/h5-6,8-15,20H,4,7,16H2,1-3H3,(H,27,28,30). The lowest BCUT2D eigenvalue weighted by molar-refractivity contribution is -0.384. The zero-order valence-corrected chi connectivity index (χ0v) is 19.4. The van der Waals surface area contributed by atoms with Crippen molar-refractivity contribution in [2.75, 3.05) is 12.4 Å². The van der Waals surface area contributed by atoms with Crippen molar-refractivity contribution in [1.29, 1.82) is 0 Å². The first-order chi connectivity index (χ1) is 16.3. The van der Waals surface area contributed by atoms with Crippen LogP contribution in [-0.4, -0.2) is 28.9 Å². The number of nitrogens with one attached hydrogen (secondary N) is 1. The van der Waals surface area contributed by atoms with Crippen LogP contribution in [0, 0.1) is 23.0 Å². The summed E-state index contributed by atoms with van der Waals surface area (Å²) in [5.74, 6) is -1.12. The van der Waals surface area contributed by atoms with Crippen LogP contribution >= 0.6 is 0 Å². The molecular weight excluding hydrogens is 434 g/mol. The van der Waals surface area contributed by atoms with E-state index in [2.05, 4.69) is 10.3 Å². The number of benzene rings is 2. The zero-order valence-electron chi connectivity index (χ0n) is 19.4. The van der Waals surface area contributed by atoms with Crippen molar-refractivity contribution in [2.45, 2.75) is 33.1 Å². The summed E-state index contributed by atoms with van der Waals surface area (Å²) in [6, 6.07) is 16.4. The van der Waals surface area contributed by atoms with Gasteiger partial charge in [0.1, 0.15) is 0 Å². The number of carbonyl (C=O) groups excluding carboxylic acids is 2. The van der Waals surface area contributed by atoms with Crippen LogP contribution in [0.3, 0.4) is 0 Å². The van der Waals surface area contributed by atoms with E-state index in [0.717, 1.165) is 23.1 Å². The molecule has 1 N–H and O–H groups in total. The first kappa shape index (κ1) is 24.6. The number of methoxy groups -OCH3 is 1. The van der Waals surface area contributed by atoms with Gasteiger partial charge in [-0.2, -0.15) is 0 Å². The molecule has 1 atom stereocenters. The minimum atomic E-state index is -0.530. The number of aromatic nitrogens is 1. The van der Waals surface area contributed by atoms with Gasteiger partial charge in [-0.15, -0.1) is 0 Å². The Morgan fingerprint density at radius 3 is 2.47 bits per heavy atom. The molecule has 0 bridgehead atoms. The van der Waals surface area contributed by atoms with Gasteiger partial charge >= 0.3 is 11.7 Å². The number of anilines is 1. The smallest absolute Gasteiger partial charge is 0.338 e. The third-order valence-electron chi connectivity index (χ3n) is 5.64. The van der Waals surface area contributed by atoms with E-state index in [1.54, 1.807) is 19.1 Å². The minimum absolute atomic E-state index is 0.0362. The molecule has 0 saturated heterocycles. The Labute approximate surface area is 198 Å². The molecule has 1 unspecified atom stereocenters. The average molecular weight is 462 g/mol. The lowest BCUT2D eigenvalue weighted by atomic mass is 9.92. The summed E-state index contributed by atoms with van der Waals surface area (Å²) < 4.78 is 4.88. The molecule has 1 heterocycles. The number of carbonyl (C=O) groups is 2. The second-order valence-corrected chi connectivity index (χ2v) is 8.00. The molecule has 1 amide bonds. The Morgan fingerprint density at radius 2 is 1.82 bits per heavy atom. The maximum Gasteiger partial charge on any atom is 0.338 e. The molecule has 2 aromatic carbocycles.